The average Bonchev–Trinajstić information content (AvgIpc) is 2.93. The number of aryl methyl sites for hydroxylation is 1. The van der Waals surface area contributed by atoms with E-state index in [0.29, 0.717) is 5.69 Å². The highest BCUT2D eigenvalue weighted by molar-refractivity contribution is 5.98. The Hall–Kier alpha value is -3.36. The van der Waals surface area contributed by atoms with Crippen molar-refractivity contribution in [3.63, 3.8) is 0 Å². The molecule has 1 heterocycles. The smallest absolute Gasteiger partial charge is 0.338 e. The molecule has 0 aliphatic heterocycles. The number of urea groups is 1. The van der Waals surface area contributed by atoms with Crippen LogP contribution in [0.15, 0.2) is 35.3 Å². The van der Waals surface area contributed by atoms with Gasteiger partial charge in [0.05, 0.1) is 11.3 Å². The molecule has 0 bridgehead atoms. The summed E-state index contributed by atoms with van der Waals surface area (Å²) in [5, 5.41) is 4.24. The lowest BCUT2D eigenvalue weighted by molar-refractivity contribution is -0.127. The quantitative estimate of drug-likeness (QED) is 0.695. The summed E-state index contributed by atoms with van der Waals surface area (Å²) in [6, 6.07) is 5.46. The Morgan fingerprint density at radius 3 is 2.36 bits per heavy atom. The van der Waals surface area contributed by atoms with Crippen LogP contribution in [-0.2, 0) is 9.53 Å². The second-order valence-corrected chi connectivity index (χ2v) is 5.23. The number of imide groups is 1. The SMILES string of the molecule is CNC(=O)NC(=O)C(C)OC(=O)c1ccc(-n2c(C)c[nH]c2=O)cc1. The number of aromatic amines is 1. The van der Waals surface area contributed by atoms with Gasteiger partial charge in [0.25, 0.3) is 5.91 Å². The fraction of sp³-hybridized carbons (Fsp3) is 0.250. The Bertz CT molecular complexity index is 850. The zero-order valence-electron chi connectivity index (χ0n) is 14.0. The molecule has 0 spiro atoms. The maximum Gasteiger partial charge on any atom is 0.338 e. The lowest BCUT2D eigenvalue weighted by Gasteiger charge is -2.13. The lowest BCUT2D eigenvalue weighted by atomic mass is 10.2. The molecule has 132 valence electrons. The lowest BCUT2D eigenvalue weighted by Crippen LogP contribution is -2.43. The molecule has 0 aliphatic carbocycles. The maximum atomic E-state index is 12.1. The molecule has 2 aromatic rings. The van der Waals surface area contributed by atoms with Crippen LogP contribution in [0.1, 0.15) is 23.0 Å². The van der Waals surface area contributed by atoms with Crippen LogP contribution in [-0.4, -0.2) is 40.6 Å². The van der Waals surface area contributed by atoms with E-state index >= 15 is 0 Å². The van der Waals surface area contributed by atoms with Crippen LogP contribution in [0, 0.1) is 6.92 Å². The molecule has 0 saturated carbocycles. The number of ether oxygens (including phenoxy) is 1. The van der Waals surface area contributed by atoms with Gasteiger partial charge in [-0.3, -0.25) is 14.7 Å². The van der Waals surface area contributed by atoms with Crippen molar-refractivity contribution >= 4 is 17.9 Å². The molecule has 0 aliphatic rings. The number of aromatic nitrogens is 2. The third kappa shape index (κ3) is 4.14. The van der Waals surface area contributed by atoms with E-state index in [1.54, 1.807) is 25.3 Å². The van der Waals surface area contributed by atoms with E-state index in [1.165, 1.54) is 30.7 Å². The minimum atomic E-state index is -1.14. The molecule has 1 aromatic heterocycles. The van der Waals surface area contributed by atoms with Crippen molar-refractivity contribution in [2.24, 2.45) is 0 Å². The highest BCUT2D eigenvalue weighted by Crippen LogP contribution is 2.11. The first kappa shape index (κ1) is 18.0. The van der Waals surface area contributed by atoms with Gasteiger partial charge in [-0.25, -0.2) is 14.4 Å². The van der Waals surface area contributed by atoms with Crippen LogP contribution in [0.4, 0.5) is 4.79 Å². The molecule has 9 nitrogen and oxygen atoms in total. The molecular weight excluding hydrogens is 328 g/mol. The Balaban J connectivity index is 2.07. The van der Waals surface area contributed by atoms with Crippen LogP contribution < -0.4 is 16.3 Å². The molecule has 2 rings (SSSR count). The Kier molecular flexibility index (Phi) is 5.38. The summed E-state index contributed by atoms with van der Waals surface area (Å²) >= 11 is 0. The van der Waals surface area contributed by atoms with Crippen LogP contribution in [0.3, 0.4) is 0 Å². The third-order valence-corrected chi connectivity index (χ3v) is 3.44. The highest BCUT2D eigenvalue weighted by Gasteiger charge is 2.20. The zero-order chi connectivity index (χ0) is 18.6. The topological polar surface area (TPSA) is 122 Å². The summed E-state index contributed by atoms with van der Waals surface area (Å²) in [6.07, 6.45) is 0.441. The number of benzene rings is 1. The Morgan fingerprint density at radius 2 is 1.84 bits per heavy atom. The first-order chi connectivity index (χ1) is 11.8. The Labute approximate surface area is 143 Å². The molecule has 0 saturated heterocycles. The molecule has 1 atom stereocenters. The van der Waals surface area contributed by atoms with E-state index in [9.17, 15) is 19.2 Å². The monoisotopic (exact) mass is 346 g/mol. The first-order valence-electron chi connectivity index (χ1n) is 7.44. The predicted octanol–water partition coefficient (Wildman–Crippen LogP) is 0.475. The second-order valence-electron chi connectivity index (χ2n) is 5.23. The van der Waals surface area contributed by atoms with E-state index in [1.807, 2.05) is 5.32 Å². The van der Waals surface area contributed by atoms with E-state index in [2.05, 4.69) is 10.3 Å². The largest absolute Gasteiger partial charge is 0.449 e. The van der Waals surface area contributed by atoms with E-state index in [4.69, 9.17) is 4.74 Å². The number of amides is 3. The number of nitrogens with one attached hydrogen (secondary N) is 3. The summed E-state index contributed by atoms with van der Waals surface area (Å²) < 4.78 is 6.47. The number of H-pyrrole nitrogens is 1. The normalized spacial score (nSPS) is 11.5. The van der Waals surface area contributed by atoms with Gasteiger partial charge < -0.3 is 15.0 Å². The van der Waals surface area contributed by atoms with Crippen molar-refractivity contribution in [2.45, 2.75) is 20.0 Å². The molecule has 1 aromatic carbocycles. The molecule has 3 amide bonds. The number of carbonyl (C=O) groups is 3. The fourth-order valence-corrected chi connectivity index (χ4v) is 2.08. The van der Waals surface area contributed by atoms with Crippen molar-refractivity contribution in [2.75, 3.05) is 7.05 Å². The van der Waals surface area contributed by atoms with Gasteiger partial charge in [-0.05, 0) is 38.1 Å². The molecular formula is C16H18N4O5. The van der Waals surface area contributed by atoms with Crippen LogP contribution in [0.2, 0.25) is 0 Å². The van der Waals surface area contributed by atoms with Crippen molar-refractivity contribution in [1.29, 1.82) is 0 Å². The summed E-state index contributed by atoms with van der Waals surface area (Å²) in [7, 11) is 1.36. The summed E-state index contributed by atoms with van der Waals surface area (Å²) in [4.78, 5) is 49.1. The predicted molar refractivity (Wildman–Crippen MR) is 88.6 cm³/mol. The fourth-order valence-electron chi connectivity index (χ4n) is 2.08. The van der Waals surface area contributed by atoms with Crippen molar-refractivity contribution in [3.8, 4) is 5.69 Å². The van der Waals surface area contributed by atoms with Crippen molar-refractivity contribution < 1.29 is 19.1 Å². The molecule has 1 unspecified atom stereocenters. The van der Waals surface area contributed by atoms with Gasteiger partial charge in [-0.15, -0.1) is 0 Å². The molecule has 0 fully saturated rings. The zero-order valence-corrected chi connectivity index (χ0v) is 14.0. The van der Waals surface area contributed by atoms with Gasteiger partial charge in [0, 0.05) is 18.9 Å². The van der Waals surface area contributed by atoms with Gasteiger partial charge in [0.2, 0.25) is 0 Å². The number of esters is 1. The third-order valence-electron chi connectivity index (χ3n) is 3.44. The van der Waals surface area contributed by atoms with Gasteiger partial charge in [0.15, 0.2) is 6.10 Å². The first-order valence-corrected chi connectivity index (χ1v) is 7.44. The van der Waals surface area contributed by atoms with Crippen molar-refractivity contribution in [1.82, 2.24) is 20.2 Å². The summed E-state index contributed by atoms with van der Waals surface area (Å²) in [5.74, 6) is -1.46. The second kappa shape index (κ2) is 7.47. The minimum absolute atomic E-state index is 0.213. The number of hydrogen-bond acceptors (Lipinski definition) is 5. The number of carbonyl (C=O) groups excluding carboxylic acids is 3. The van der Waals surface area contributed by atoms with E-state index < -0.39 is 24.0 Å². The molecule has 3 N–H and O–H groups in total. The van der Waals surface area contributed by atoms with Crippen molar-refractivity contribution in [3.05, 3.63) is 52.2 Å². The number of nitrogens with zero attached hydrogens (tertiary/aromatic N) is 1. The summed E-state index contributed by atoms with van der Waals surface area (Å²) in [6.45, 7) is 3.13. The van der Waals surface area contributed by atoms with E-state index in [-0.39, 0.29) is 11.3 Å². The molecule has 9 heteroatoms. The minimum Gasteiger partial charge on any atom is -0.449 e. The number of rotatable bonds is 4. The number of imidazole rings is 1. The van der Waals surface area contributed by atoms with Gasteiger partial charge in [-0.1, -0.05) is 0 Å². The van der Waals surface area contributed by atoms with Crippen LogP contribution in [0.25, 0.3) is 5.69 Å². The van der Waals surface area contributed by atoms with Crippen LogP contribution >= 0.6 is 0 Å². The van der Waals surface area contributed by atoms with Gasteiger partial charge >= 0.3 is 17.7 Å². The Morgan fingerprint density at radius 1 is 1.20 bits per heavy atom. The van der Waals surface area contributed by atoms with Gasteiger partial charge in [-0.2, -0.15) is 0 Å². The average molecular weight is 346 g/mol. The maximum absolute atomic E-state index is 12.1. The summed E-state index contributed by atoms with van der Waals surface area (Å²) in [5.41, 5.74) is 1.24. The number of hydrogen-bond donors (Lipinski definition) is 3. The van der Waals surface area contributed by atoms with Gasteiger partial charge in [0.1, 0.15) is 0 Å². The molecule has 25 heavy (non-hydrogen) atoms. The highest BCUT2D eigenvalue weighted by atomic mass is 16.5. The standard InChI is InChI=1S/C16H18N4O5/c1-9-8-18-16(24)20(9)12-6-4-11(5-7-12)14(22)25-10(2)13(21)19-15(23)17-3/h4-8,10H,1-3H3,(H,18,24)(H2,17,19,21,23). The molecule has 0 radical (unpaired) electrons. The van der Waals surface area contributed by atoms with E-state index in [0.717, 1.165) is 5.69 Å². The van der Waals surface area contributed by atoms with Crippen LogP contribution in [0.5, 0.6) is 0 Å².